The Morgan fingerprint density at radius 1 is 1.33 bits per heavy atom. The standard InChI is InChI=1S/C9H11ClFNO2S/c10-7-1-3-8(4-2-7)15(13,14)9(11)5-6-12/h1-4,9H,5-6,12H2. The van der Waals surface area contributed by atoms with Gasteiger partial charge in [-0.05, 0) is 30.8 Å². The molecule has 0 aliphatic heterocycles. The summed E-state index contributed by atoms with van der Waals surface area (Å²) in [6.45, 7) is -0.00597. The molecule has 3 nitrogen and oxygen atoms in total. The summed E-state index contributed by atoms with van der Waals surface area (Å²) < 4.78 is 36.4. The Morgan fingerprint density at radius 3 is 2.33 bits per heavy atom. The normalized spacial score (nSPS) is 13.8. The lowest BCUT2D eigenvalue weighted by molar-refractivity contribution is 0.402. The average Bonchev–Trinajstić information content (AvgIpc) is 2.18. The van der Waals surface area contributed by atoms with Crippen LogP contribution in [0.25, 0.3) is 0 Å². The Labute approximate surface area is 93.0 Å². The molecule has 0 amide bonds. The summed E-state index contributed by atoms with van der Waals surface area (Å²) in [5, 5.41) is 0.406. The Balaban J connectivity index is 3.01. The first-order valence-electron chi connectivity index (χ1n) is 4.32. The maximum absolute atomic E-state index is 13.3. The zero-order valence-electron chi connectivity index (χ0n) is 7.86. The van der Waals surface area contributed by atoms with Crippen molar-refractivity contribution in [3.8, 4) is 0 Å². The Morgan fingerprint density at radius 2 is 1.87 bits per heavy atom. The lowest BCUT2D eigenvalue weighted by Crippen LogP contribution is -2.20. The van der Waals surface area contributed by atoms with E-state index in [4.69, 9.17) is 17.3 Å². The molecule has 0 fully saturated rings. The molecule has 2 N–H and O–H groups in total. The Hall–Kier alpha value is -0.650. The van der Waals surface area contributed by atoms with Crippen molar-refractivity contribution in [2.24, 2.45) is 5.73 Å². The lowest BCUT2D eigenvalue weighted by Gasteiger charge is -2.08. The van der Waals surface area contributed by atoms with Gasteiger partial charge in [-0.15, -0.1) is 0 Å². The van der Waals surface area contributed by atoms with Gasteiger partial charge in [0.1, 0.15) is 0 Å². The number of rotatable bonds is 4. The van der Waals surface area contributed by atoms with Crippen LogP contribution in [0.4, 0.5) is 4.39 Å². The fraction of sp³-hybridized carbons (Fsp3) is 0.333. The van der Waals surface area contributed by atoms with Crippen molar-refractivity contribution in [2.45, 2.75) is 16.8 Å². The van der Waals surface area contributed by atoms with E-state index in [0.29, 0.717) is 5.02 Å². The van der Waals surface area contributed by atoms with Crippen molar-refractivity contribution in [1.82, 2.24) is 0 Å². The fourth-order valence-corrected chi connectivity index (χ4v) is 2.44. The van der Waals surface area contributed by atoms with E-state index >= 15 is 0 Å². The zero-order chi connectivity index (χ0) is 11.5. The molecule has 1 unspecified atom stereocenters. The van der Waals surface area contributed by atoms with Crippen LogP contribution in [0.3, 0.4) is 0 Å². The van der Waals surface area contributed by atoms with E-state index in [9.17, 15) is 12.8 Å². The first kappa shape index (κ1) is 12.4. The number of benzene rings is 1. The summed E-state index contributed by atoms with van der Waals surface area (Å²) >= 11 is 5.59. The van der Waals surface area contributed by atoms with Crippen LogP contribution in [0.1, 0.15) is 6.42 Å². The van der Waals surface area contributed by atoms with E-state index in [1.807, 2.05) is 0 Å². The molecule has 0 saturated heterocycles. The second-order valence-corrected chi connectivity index (χ2v) is 5.50. The van der Waals surface area contributed by atoms with Crippen LogP contribution in [-0.2, 0) is 9.84 Å². The van der Waals surface area contributed by atoms with E-state index in [0.717, 1.165) is 0 Å². The van der Waals surface area contributed by atoms with Crippen molar-refractivity contribution >= 4 is 21.4 Å². The lowest BCUT2D eigenvalue weighted by atomic mass is 10.4. The molecule has 0 aromatic heterocycles. The summed E-state index contributed by atoms with van der Waals surface area (Å²) in [6, 6.07) is 5.37. The van der Waals surface area contributed by atoms with Crippen LogP contribution in [0.5, 0.6) is 0 Å². The molecule has 1 aromatic rings. The van der Waals surface area contributed by atoms with Crippen molar-refractivity contribution in [3.05, 3.63) is 29.3 Å². The van der Waals surface area contributed by atoms with E-state index in [1.54, 1.807) is 0 Å². The number of sulfone groups is 1. The molecule has 6 heteroatoms. The molecule has 84 valence electrons. The maximum atomic E-state index is 13.3. The first-order chi connectivity index (χ1) is 6.98. The highest BCUT2D eigenvalue weighted by atomic mass is 35.5. The van der Waals surface area contributed by atoms with Gasteiger partial charge in [0.05, 0.1) is 4.90 Å². The Kier molecular flexibility index (Phi) is 4.07. The summed E-state index contributed by atoms with van der Waals surface area (Å²) in [6.07, 6.45) is -0.203. The minimum absolute atomic E-state index is 0.00597. The molecule has 0 saturated carbocycles. The molecule has 0 spiro atoms. The molecule has 1 atom stereocenters. The highest BCUT2D eigenvalue weighted by Gasteiger charge is 2.26. The second-order valence-electron chi connectivity index (χ2n) is 2.99. The van der Waals surface area contributed by atoms with Crippen LogP contribution in [0, 0.1) is 0 Å². The van der Waals surface area contributed by atoms with Gasteiger partial charge >= 0.3 is 0 Å². The van der Waals surface area contributed by atoms with Crippen LogP contribution in [0.15, 0.2) is 29.2 Å². The van der Waals surface area contributed by atoms with Crippen molar-refractivity contribution in [3.63, 3.8) is 0 Å². The molecule has 0 aliphatic carbocycles. The highest BCUT2D eigenvalue weighted by Crippen LogP contribution is 2.20. The zero-order valence-corrected chi connectivity index (χ0v) is 9.43. The largest absolute Gasteiger partial charge is 0.330 e. The maximum Gasteiger partial charge on any atom is 0.210 e. The fourth-order valence-electron chi connectivity index (χ4n) is 1.06. The van der Waals surface area contributed by atoms with Gasteiger partial charge in [0.25, 0.3) is 0 Å². The summed E-state index contributed by atoms with van der Waals surface area (Å²) in [5.74, 6) is 0. The van der Waals surface area contributed by atoms with Crippen molar-refractivity contribution in [1.29, 1.82) is 0 Å². The monoisotopic (exact) mass is 251 g/mol. The van der Waals surface area contributed by atoms with Crippen molar-refractivity contribution < 1.29 is 12.8 Å². The van der Waals surface area contributed by atoms with Gasteiger partial charge in [0.2, 0.25) is 15.3 Å². The van der Waals surface area contributed by atoms with E-state index in [2.05, 4.69) is 0 Å². The molecule has 0 aliphatic rings. The minimum Gasteiger partial charge on any atom is -0.330 e. The van der Waals surface area contributed by atoms with E-state index in [1.165, 1.54) is 24.3 Å². The summed E-state index contributed by atoms with van der Waals surface area (Å²) in [4.78, 5) is -0.0761. The average molecular weight is 252 g/mol. The molecule has 1 rings (SSSR count). The van der Waals surface area contributed by atoms with Gasteiger partial charge in [0, 0.05) is 11.4 Å². The predicted octanol–water partition coefficient (Wildman–Crippen LogP) is 1.76. The van der Waals surface area contributed by atoms with Gasteiger partial charge in [-0.1, -0.05) is 11.6 Å². The van der Waals surface area contributed by atoms with Gasteiger partial charge in [-0.25, -0.2) is 12.8 Å². The summed E-state index contributed by atoms with van der Waals surface area (Å²) in [7, 11) is -3.92. The second kappa shape index (κ2) is 4.92. The highest BCUT2D eigenvalue weighted by molar-refractivity contribution is 7.91. The molecule has 0 bridgehead atoms. The first-order valence-corrected chi connectivity index (χ1v) is 6.24. The van der Waals surface area contributed by atoms with Crippen LogP contribution in [-0.4, -0.2) is 20.5 Å². The quantitative estimate of drug-likeness (QED) is 0.887. The molecule has 0 heterocycles. The van der Waals surface area contributed by atoms with Gasteiger partial charge in [0.15, 0.2) is 0 Å². The van der Waals surface area contributed by atoms with Gasteiger partial charge in [-0.3, -0.25) is 0 Å². The van der Waals surface area contributed by atoms with Crippen LogP contribution in [0.2, 0.25) is 5.02 Å². The van der Waals surface area contributed by atoms with Crippen LogP contribution < -0.4 is 5.73 Å². The number of halogens is 2. The summed E-state index contributed by atoms with van der Waals surface area (Å²) in [5.41, 5.74) is 3.15. The number of nitrogens with two attached hydrogens (primary N) is 1. The molecular weight excluding hydrogens is 241 g/mol. The Bertz CT molecular complexity index is 418. The molecule has 15 heavy (non-hydrogen) atoms. The molecule has 0 radical (unpaired) electrons. The predicted molar refractivity (Wildman–Crippen MR) is 57.2 cm³/mol. The van der Waals surface area contributed by atoms with Gasteiger partial charge < -0.3 is 5.73 Å². The SMILES string of the molecule is NCCC(F)S(=O)(=O)c1ccc(Cl)cc1. The number of hydrogen-bond acceptors (Lipinski definition) is 3. The topological polar surface area (TPSA) is 60.2 Å². The molecule has 1 aromatic carbocycles. The van der Waals surface area contributed by atoms with Crippen LogP contribution >= 0.6 is 11.6 Å². The smallest absolute Gasteiger partial charge is 0.210 e. The number of alkyl halides is 1. The minimum atomic E-state index is -3.92. The third-order valence-electron chi connectivity index (χ3n) is 1.87. The van der Waals surface area contributed by atoms with Gasteiger partial charge in [-0.2, -0.15) is 0 Å². The number of hydrogen-bond donors (Lipinski definition) is 1. The van der Waals surface area contributed by atoms with E-state index in [-0.39, 0.29) is 17.9 Å². The van der Waals surface area contributed by atoms with E-state index < -0.39 is 15.3 Å². The third-order valence-corrected chi connectivity index (χ3v) is 3.96. The van der Waals surface area contributed by atoms with Crippen molar-refractivity contribution in [2.75, 3.05) is 6.54 Å². The molecular formula is C9H11ClFNO2S. The third kappa shape index (κ3) is 2.90.